The molecule has 2 aromatic rings. The Kier molecular flexibility index (Phi) is 11.4. The molecule has 4 aliphatic rings. The number of esters is 1. The minimum atomic E-state index is -1.23. The van der Waals surface area contributed by atoms with Gasteiger partial charge in [0, 0.05) is 29.4 Å². The molecule has 3 amide bonds. The third-order valence-corrected chi connectivity index (χ3v) is 10.9. The number of carbonyl (C=O) groups excluding carboxylic acids is 5. The molecule has 1 aromatic heterocycles. The number of aryl methyl sites for hydroxylation is 1. The van der Waals surface area contributed by atoms with Crippen LogP contribution in [0.4, 0.5) is 4.79 Å². The quantitative estimate of drug-likeness (QED) is 0.178. The first-order valence-corrected chi connectivity index (χ1v) is 18.6. The molecule has 0 radical (unpaired) electrons. The molecule has 2 saturated carbocycles. The van der Waals surface area contributed by atoms with Crippen LogP contribution in [-0.2, 0) is 23.9 Å². The van der Waals surface area contributed by atoms with Crippen LogP contribution in [0.5, 0.6) is 11.5 Å². The van der Waals surface area contributed by atoms with Gasteiger partial charge in [-0.2, -0.15) is 0 Å². The van der Waals surface area contributed by atoms with Crippen molar-refractivity contribution in [3.05, 3.63) is 41.6 Å². The fourth-order valence-electron chi connectivity index (χ4n) is 7.85. The molecule has 14 heteroatoms. The van der Waals surface area contributed by atoms with Crippen molar-refractivity contribution < 1.29 is 42.9 Å². The summed E-state index contributed by atoms with van der Waals surface area (Å²) in [6.45, 7) is 1.88. The summed E-state index contributed by atoms with van der Waals surface area (Å²) in [6, 6.07) is 3.27. The lowest BCUT2D eigenvalue weighted by Crippen LogP contribution is -2.56. The second-order valence-electron chi connectivity index (χ2n) is 14.4. The highest BCUT2D eigenvalue weighted by Crippen LogP contribution is 2.46. The zero-order valence-corrected chi connectivity index (χ0v) is 30.5. The third-order valence-electron chi connectivity index (χ3n) is 10.9. The molecule has 0 spiro atoms. The molecule has 6 rings (SSSR count). The number of nitrogens with one attached hydrogen (secondary N) is 2. The minimum Gasteiger partial charge on any atom is -0.496 e. The number of benzene rings is 1. The van der Waals surface area contributed by atoms with Gasteiger partial charge in [0.1, 0.15) is 54.9 Å². The third kappa shape index (κ3) is 7.75. The highest BCUT2D eigenvalue weighted by Gasteiger charge is 2.62. The molecule has 5 atom stereocenters. The van der Waals surface area contributed by atoms with Crippen molar-refractivity contribution in [1.82, 2.24) is 20.5 Å². The van der Waals surface area contributed by atoms with Gasteiger partial charge in [-0.1, -0.05) is 25.0 Å². The molecule has 52 heavy (non-hydrogen) atoms. The van der Waals surface area contributed by atoms with E-state index in [9.17, 15) is 24.0 Å². The molecule has 2 N–H and O–H groups in total. The molecule has 1 saturated heterocycles. The highest BCUT2D eigenvalue weighted by molar-refractivity contribution is 6.23. The van der Waals surface area contributed by atoms with E-state index in [-0.39, 0.29) is 42.8 Å². The number of hydrogen-bond acceptors (Lipinski definition) is 10. The van der Waals surface area contributed by atoms with Crippen molar-refractivity contribution in [3.8, 4) is 11.5 Å². The van der Waals surface area contributed by atoms with Gasteiger partial charge in [-0.05, 0) is 76.7 Å². The summed E-state index contributed by atoms with van der Waals surface area (Å²) in [5, 5.41) is 6.43. The van der Waals surface area contributed by atoms with Crippen LogP contribution in [-0.4, -0.2) is 98.0 Å². The van der Waals surface area contributed by atoms with E-state index in [0.717, 1.165) is 50.5 Å². The molecule has 2 aliphatic carbocycles. The van der Waals surface area contributed by atoms with Gasteiger partial charge in [-0.15, -0.1) is 0 Å². The van der Waals surface area contributed by atoms with Gasteiger partial charge in [0.2, 0.25) is 11.8 Å². The monoisotopic (exact) mass is 716 g/mol. The summed E-state index contributed by atoms with van der Waals surface area (Å²) in [5.41, 5.74) is 0.296. The average Bonchev–Trinajstić information content (AvgIpc) is 3.42. The van der Waals surface area contributed by atoms with Crippen LogP contribution in [0.1, 0.15) is 86.7 Å². The predicted molar refractivity (Wildman–Crippen MR) is 194 cm³/mol. The molecule has 3 fully saturated rings. The van der Waals surface area contributed by atoms with Gasteiger partial charge in [0.05, 0.1) is 26.3 Å². The van der Waals surface area contributed by atoms with E-state index in [1.54, 1.807) is 27.1 Å². The van der Waals surface area contributed by atoms with Gasteiger partial charge in [0.15, 0.2) is 5.78 Å². The summed E-state index contributed by atoms with van der Waals surface area (Å²) in [7, 11) is 4.62. The van der Waals surface area contributed by atoms with Crippen molar-refractivity contribution in [3.63, 3.8) is 0 Å². The van der Waals surface area contributed by atoms with Gasteiger partial charge in [0.25, 0.3) is 0 Å². The summed E-state index contributed by atoms with van der Waals surface area (Å²) in [5.74, 6) is -0.874. The van der Waals surface area contributed by atoms with Crippen LogP contribution in [0.3, 0.4) is 0 Å². The van der Waals surface area contributed by atoms with Crippen LogP contribution < -0.4 is 20.1 Å². The van der Waals surface area contributed by atoms with Crippen molar-refractivity contribution in [2.75, 3.05) is 20.8 Å². The molecular weight excluding hydrogens is 667 g/mol. The normalized spacial score (nSPS) is 27.3. The molecule has 278 valence electrons. The number of methoxy groups -OCH3 is 2. The van der Waals surface area contributed by atoms with Crippen LogP contribution in [0, 0.1) is 12.8 Å². The summed E-state index contributed by atoms with van der Waals surface area (Å²) in [6.07, 6.45) is 10.3. The highest BCUT2D eigenvalue weighted by atomic mass is 16.6. The Morgan fingerprint density at radius 2 is 1.81 bits per heavy atom. The summed E-state index contributed by atoms with van der Waals surface area (Å²) < 4.78 is 22.9. The second-order valence-corrected chi connectivity index (χ2v) is 14.4. The topological polar surface area (TPSA) is 162 Å². The number of hydrogen-bond donors (Lipinski definition) is 2. The fourth-order valence-corrected chi connectivity index (χ4v) is 7.85. The number of nitrogens with zero attached hydrogens (tertiary/aromatic N) is 2. The number of alkyl carbamates (subject to hydrolysis) is 1. The summed E-state index contributed by atoms with van der Waals surface area (Å²) in [4.78, 5) is 73.9. The van der Waals surface area contributed by atoms with E-state index < -0.39 is 47.6 Å². The number of ketones is 1. The fraction of sp³-hybridized carbons (Fsp3) is 0.579. The first kappa shape index (κ1) is 37.2. The SMILES string of the molecule is BCC(=O)c1cc(O[C@@H]2C[C@H]3C(=O)N[C@]4(C(=O)OC)CC4/C=C\CCCCC[C@H](NC(=O)OC4CCCC4)C(=O)N3C2)c2ccc(OC)c(C)c2n1. The molecule has 1 unspecified atom stereocenters. The number of carbonyl (C=O) groups is 5. The molecule has 1 aromatic carbocycles. The van der Waals surface area contributed by atoms with Crippen LogP contribution >= 0.6 is 0 Å². The molecule has 2 aliphatic heterocycles. The second kappa shape index (κ2) is 16.0. The smallest absolute Gasteiger partial charge is 0.408 e. The molecular formula is C38H49BN4O9. The van der Waals surface area contributed by atoms with Gasteiger partial charge < -0.3 is 34.5 Å². The lowest BCUT2D eigenvalue weighted by molar-refractivity contribution is -0.148. The number of ether oxygens (including phenoxy) is 4. The Morgan fingerprint density at radius 1 is 1.04 bits per heavy atom. The Balaban J connectivity index is 1.33. The first-order chi connectivity index (χ1) is 25.1. The Labute approximate surface area is 304 Å². The maximum Gasteiger partial charge on any atom is 0.408 e. The van der Waals surface area contributed by atoms with Crippen LogP contribution in [0.2, 0.25) is 6.32 Å². The van der Waals surface area contributed by atoms with Crippen molar-refractivity contribution in [2.45, 2.75) is 114 Å². The maximum atomic E-state index is 14.5. The van der Waals surface area contributed by atoms with Gasteiger partial charge in [-0.25, -0.2) is 14.6 Å². The molecule has 0 bridgehead atoms. The van der Waals surface area contributed by atoms with E-state index in [4.69, 9.17) is 18.9 Å². The maximum absolute atomic E-state index is 14.5. The van der Waals surface area contributed by atoms with E-state index in [1.807, 2.05) is 25.1 Å². The Bertz CT molecular complexity index is 1740. The van der Waals surface area contributed by atoms with Gasteiger partial charge in [-0.3, -0.25) is 14.4 Å². The zero-order valence-electron chi connectivity index (χ0n) is 30.5. The number of fused-ring (bicyclic) bond motifs is 3. The van der Waals surface area contributed by atoms with Crippen LogP contribution in [0.15, 0.2) is 30.4 Å². The molecule has 3 heterocycles. The Hall–Kier alpha value is -4.62. The average molecular weight is 717 g/mol. The number of Topliss-reactive ketones (excluding diaryl/α,β-unsaturated/α-hetero) is 1. The number of pyridine rings is 1. The number of allylic oxidation sites excluding steroid dienone is 1. The lowest BCUT2D eigenvalue weighted by atomic mass is 9.97. The zero-order chi connectivity index (χ0) is 37.0. The van der Waals surface area contributed by atoms with E-state index in [1.165, 1.54) is 12.0 Å². The first-order valence-electron chi connectivity index (χ1n) is 18.6. The number of aromatic nitrogens is 1. The van der Waals surface area contributed by atoms with Crippen molar-refractivity contribution in [2.24, 2.45) is 5.92 Å². The Morgan fingerprint density at radius 3 is 2.54 bits per heavy atom. The van der Waals surface area contributed by atoms with E-state index in [0.29, 0.717) is 41.7 Å². The van der Waals surface area contributed by atoms with E-state index in [2.05, 4.69) is 15.6 Å². The lowest BCUT2D eigenvalue weighted by Gasteiger charge is -2.29. The predicted octanol–water partition coefficient (Wildman–Crippen LogP) is 3.74. The summed E-state index contributed by atoms with van der Waals surface area (Å²) >= 11 is 0. The van der Waals surface area contributed by atoms with Crippen molar-refractivity contribution >= 4 is 48.4 Å². The minimum absolute atomic E-state index is 0.0251. The number of rotatable bonds is 8. The molecule has 13 nitrogen and oxygen atoms in total. The number of amides is 3. The van der Waals surface area contributed by atoms with Crippen LogP contribution in [0.25, 0.3) is 10.9 Å². The van der Waals surface area contributed by atoms with Gasteiger partial charge >= 0.3 is 12.1 Å². The standard InChI is InChI=1S/C38H49BN4O9/c1-22-31(49-2)16-15-26-32(18-28(30(44)20-39)40-33(22)26)51-25-17-29-34(45)42-38(36(47)50-3)19-23(38)11-7-5-4-6-8-14-27(35(46)43(29)21-25)41-37(48)52-24-12-9-10-13-24/h7,11,15-16,18,23-25,27,29H,4-6,8-10,12-14,17,19-21,39H2,1-3H3,(H,41,48)(H,42,45)/b11-7-/t23?,25-,27+,29+,38-/m1/s1. The van der Waals surface area contributed by atoms with Crippen molar-refractivity contribution in [1.29, 1.82) is 0 Å². The largest absolute Gasteiger partial charge is 0.496 e. The van der Waals surface area contributed by atoms with E-state index >= 15 is 0 Å².